The molecule has 2 atom stereocenters. The van der Waals surface area contributed by atoms with Crippen LogP contribution < -0.4 is 4.90 Å². The third kappa shape index (κ3) is 3.72. The third-order valence-corrected chi connectivity index (χ3v) is 4.73. The molecular formula is C19H29N5O2. The van der Waals surface area contributed by atoms with E-state index in [4.69, 9.17) is 19.2 Å². The number of rotatable bonds is 4. The average Bonchev–Trinajstić information content (AvgIpc) is 3.19. The summed E-state index contributed by atoms with van der Waals surface area (Å²) >= 11 is 0. The largest absolute Gasteiger partial charge is 0.380 e. The van der Waals surface area contributed by atoms with E-state index in [0.29, 0.717) is 11.7 Å². The standard InChI is InChI=1S/C19H29N5O2/c1-11(2)17-21-15(19(4,5)6)9-16(22-17)24-10-13(25-7)8-14(24)18-20-12(3)23-26-18/h9,11,13-14H,8,10H2,1-7H3. The van der Waals surface area contributed by atoms with Crippen molar-refractivity contribution in [3.05, 3.63) is 29.3 Å². The van der Waals surface area contributed by atoms with Gasteiger partial charge < -0.3 is 14.2 Å². The lowest BCUT2D eigenvalue weighted by Gasteiger charge is -2.26. The number of hydrogen-bond donors (Lipinski definition) is 0. The Labute approximate surface area is 155 Å². The monoisotopic (exact) mass is 359 g/mol. The van der Waals surface area contributed by atoms with Gasteiger partial charge >= 0.3 is 0 Å². The van der Waals surface area contributed by atoms with Crippen molar-refractivity contribution in [1.29, 1.82) is 0 Å². The number of hydrogen-bond acceptors (Lipinski definition) is 7. The summed E-state index contributed by atoms with van der Waals surface area (Å²) in [6.45, 7) is 13.3. The molecule has 3 heterocycles. The van der Waals surface area contributed by atoms with Gasteiger partial charge in [0.05, 0.1) is 11.8 Å². The normalized spacial score (nSPS) is 21.0. The second kappa shape index (κ2) is 6.95. The molecule has 1 aliphatic heterocycles. The van der Waals surface area contributed by atoms with Crippen molar-refractivity contribution >= 4 is 5.82 Å². The van der Waals surface area contributed by atoms with Gasteiger partial charge in [0.1, 0.15) is 17.7 Å². The summed E-state index contributed by atoms with van der Waals surface area (Å²) in [4.78, 5) is 16.3. The Morgan fingerprint density at radius 3 is 2.50 bits per heavy atom. The quantitative estimate of drug-likeness (QED) is 0.826. The fourth-order valence-corrected chi connectivity index (χ4v) is 3.15. The van der Waals surface area contributed by atoms with Crippen LogP contribution in [0.4, 0.5) is 5.82 Å². The zero-order valence-electron chi connectivity index (χ0n) is 16.8. The van der Waals surface area contributed by atoms with Gasteiger partial charge in [-0.15, -0.1) is 0 Å². The maximum absolute atomic E-state index is 5.62. The molecule has 0 saturated carbocycles. The van der Waals surface area contributed by atoms with Gasteiger partial charge in [-0.2, -0.15) is 4.98 Å². The number of methoxy groups -OCH3 is 1. The van der Waals surface area contributed by atoms with Crippen molar-refractivity contribution in [2.45, 2.75) is 71.4 Å². The molecule has 2 aromatic rings. The van der Waals surface area contributed by atoms with Crippen LogP contribution in [0.1, 0.15) is 76.2 Å². The number of aryl methyl sites for hydroxylation is 1. The van der Waals surface area contributed by atoms with Gasteiger partial charge in [0.15, 0.2) is 5.82 Å². The summed E-state index contributed by atoms with van der Waals surface area (Å²) in [5, 5.41) is 3.96. The minimum atomic E-state index is -0.0573. The van der Waals surface area contributed by atoms with Crippen molar-refractivity contribution in [3.63, 3.8) is 0 Å². The molecule has 0 amide bonds. The number of aromatic nitrogens is 4. The fraction of sp³-hybridized carbons (Fsp3) is 0.684. The van der Waals surface area contributed by atoms with E-state index in [2.05, 4.69) is 55.7 Å². The molecule has 0 aliphatic carbocycles. The molecule has 7 nitrogen and oxygen atoms in total. The highest BCUT2D eigenvalue weighted by molar-refractivity contribution is 5.45. The average molecular weight is 359 g/mol. The van der Waals surface area contributed by atoms with Gasteiger partial charge in [-0.3, -0.25) is 0 Å². The summed E-state index contributed by atoms with van der Waals surface area (Å²) in [6, 6.07) is 2.05. The minimum Gasteiger partial charge on any atom is -0.380 e. The number of anilines is 1. The van der Waals surface area contributed by atoms with Gasteiger partial charge in [0.2, 0.25) is 5.89 Å². The highest BCUT2D eigenvalue weighted by atomic mass is 16.5. The van der Waals surface area contributed by atoms with Crippen LogP contribution in [0.15, 0.2) is 10.6 Å². The van der Waals surface area contributed by atoms with Crippen molar-refractivity contribution in [1.82, 2.24) is 20.1 Å². The molecule has 0 N–H and O–H groups in total. The van der Waals surface area contributed by atoms with E-state index in [-0.39, 0.29) is 23.5 Å². The molecule has 0 spiro atoms. The Morgan fingerprint density at radius 2 is 1.96 bits per heavy atom. The van der Waals surface area contributed by atoms with Crippen LogP contribution in [0.2, 0.25) is 0 Å². The topological polar surface area (TPSA) is 77.2 Å². The summed E-state index contributed by atoms with van der Waals surface area (Å²) in [6.07, 6.45) is 0.895. The number of ether oxygens (including phenoxy) is 1. The lowest BCUT2D eigenvalue weighted by Crippen LogP contribution is -2.28. The number of nitrogens with zero attached hydrogens (tertiary/aromatic N) is 5. The fourth-order valence-electron chi connectivity index (χ4n) is 3.15. The molecular weight excluding hydrogens is 330 g/mol. The van der Waals surface area contributed by atoms with E-state index in [9.17, 15) is 0 Å². The van der Waals surface area contributed by atoms with Gasteiger partial charge in [0.25, 0.3) is 0 Å². The van der Waals surface area contributed by atoms with E-state index in [1.54, 1.807) is 7.11 Å². The Kier molecular flexibility index (Phi) is 5.01. The SMILES string of the molecule is COC1CC(c2nc(C)no2)N(c2cc(C(C)(C)C)nc(C(C)C)n2)C1. The molecule has 26 heavy (non-hydrogen) atoms. The molecule has 1 saturated heterocycles. The first-order valence-corrected chi connectivity index (χ1v) is 9.18. The highest BCUT2D eigenvalue weighted by Crippen LogP contribution is 2.37. The smallest absolute Gasteiger partial charge is 0.249 e. The summed E-state index contributed by atoms with van der Waals surface area (Å²) < 4.78 is 11.1. The minimum absolute atomic E-state index is 0.0381. The van der Waals surface area contributed by atoms with Crippen LogP contribution >= 0.6 is 0 Å². The van der Waals surface area contributed by atoms with Crippen LogP contribution in [0.5, 0.6) is 0 Å². The predicted molar refractivity (Wildman–Crippen MR) is 99.4 cm³/mol. The van der Waals surface area contributed by atoms with E-state index < -0.39 is 0 Å². The van der Waals surface area contributed by atoms with Gasteiger partial charge in [-0.05, 0) is 6.92 Å². The maximum Gasteiger partial charge on any atom is 0.249 e. The van der Waals surface area contributed by atoms with Crippen LogP contribution in [-0.4, -0.2) is 39.9 Å². The molecule has 7 heteroatoms. The van der Waals surface area contributed by atoms with E-state index >= 15 is 0 Å². The molecule has 0 aromatic carbocycles. The van der Waals surface area contributed by atoms with Gasteiger partial charge in [0, 0.05) is 37.5 Å². The van der Waals surface area contributed by atoms with Crippen LogP contribution in [0.3, 0.4) is 0 Å². The molecule has 0 bridgehead atoms. The zero-order valence-corrected chi connectivity index (χ0v) is 16.8. The van der Waals surface area contributed by atoms with Crippen molar-refractivity contribution in [2.75, 3.05) is 18.6 Å². The van der Waals surface area contributed by atoms with E-state index in [0.717, 1.165) is 30.3 Å². The predicted octanol–water partition coefficient (Wildman–Crippen LogP) is 3.56. The molecule has 2 unspecified atom stereocenters. The Balaban J connectivity index is 2.05. The maximum atomic E-state index is 5.62. The zero-order chi connectivity index (χ0) is 19.1. The second-order valence-corrected chi connectivity index (χ2v) is 8.32. The molecule has 1 fully saturated rings. The van der Waals surface area contributed by atoms with Gasteiger partial charge in [-0.1, -0.05) is 39.8 Å². The molecule has 3 rings (SSSR count). The first-order valence-electron chi connectivity index (χ1n) is 9.18. The van der Waals surface area contributed by atoms with Crippen LogP contribution in [-0.2, 0) is 10.2 Å². The van der Waals surface area contributed by atoms with Crippen molar-refractivity contribution in [3.8, 4) is 0 Å². The summed E-state index contributed by atoms with van der Waals surface area (Å²) in [7, 11) is 1.74. The Bertz CT molecular complexity index is 766. The van der Waals surface area contributed by atoms with Crippen LogP contribution in [0.25, 0.3) is 0 Å². The first kappa shape index (κ1) is 18.8. The summed E-state index contributed by atoms with van der Waals surface area (Å²) in [5.74, 6) is 3.26. The Morgan fingerprint density at radius 1 is 1.23 bits per heavy atom. The molecule has 142 valence electrons. The first-order chi connectivity index (χ1) is 12.2. The van der Waals surface area contributed by atoms with Crippen molar-refractivity contribution < 1.29 is 9.26 Å². The summed E-state index contributed by atoms with van der Waals surface area (Å²) in [5.41, 5.74) is 0.977. The lowest BCUT2D eigenvalue weighted by atomic mass is 9.91. The van der Waals surface area contributed by atoms with Crippen molar-refractivity contribution in [2.24, 2.45) is 0 Å². The second-order valence-electron chi connectivity index (χ2n) is 8.32. The van der Waals surface area contributed by atoms with E-state index in [1.165, 1.54) is 0 Å². The molecule has 0 radical (unpaired) electrons. The van der Waals surface area contributed by atoms with Gasteiger partial charge in [-0.25, -0.2) is 9.97 Å². The molecule has 2 aromatic heterocycles. The third-order valence-electron chi connectivity index (χ3n) is 4.73. The highest BCUT2D eigenvalue weighted by Gasteiger charge is 2.38. The lowest BCUT2D eigenvalue weighted by molar-refractivity contribution is 0.117. The van der Waals surface area contributed by atoms with Crippen LogP contribution in [0, 0.1) is 6.92 Å². The Hall–Kier alpha value is -2.02. The molecule has 1 aliphatic rings. The van der Waals surface area contributed by atoms with E-state index in [1.807, 2.05) is 6.92 Å².